The summed E-state index contributed by atoms with van der Waals surface area (Å²) >= 11 is 0. The molecule has 0 spiro atoms. The number of aromatic nitrogens is 2. The number of nitrogens with zero attached hydrogens (tertiary/aromatic N) is 3. The molecular weight excluding hydrogens is 516 g/mol. The lowest BCUT2D eigenvalue weighted by atomic mass is 9.84. The standard InChI is InChI=1S/C33H36N4O4/c1-18-15-24-25(16-19(18)2)35-32(34-24)37-28(20-9-12-22(13-10-20)36(6)7)27(30(39)31(37)40)29(38)21-11-14-26(41-8)23(17-21)33(3,4)5/h9-17,28,38H,1-8H3,(H,34,35)/b29-27+. The maximum Gasteiger partial charge on any atom is 0.302 e. The predicted octanol–water partition coefficient (Wildman–Crippen LogP) is 6.18. The van der Waals surface area contributed by atoms with Gasteiger partial charge in [0.25, 0.3) is 5.78 Å². The van der Waals surface area contributed by atoms with E-state index in [2.05, 4.69) is 4.98 Å². The fraction of sp³-hybridized carbons (Fsp3) is 0.303. The fourth-order valence-corrected chi connectivity index (χ4v) is 5.29. The van der Waals surface area contributed by atoms with Crippen molar-refractivity contribution in [2.75, 3.05) is 31.0 Å². The van der Waals surface area contributed by atoms with Gasteiger partial charge in [-0.05, 0) is 78.4 Å². The van der Waals surface area contributed by atoms with Gasteiger partial charge in [-0.25, -0.2) is 4.98 Å². The topological polar surface area (TPSA) is 98.8 Å². The minimum Gasteiger partial charge on any atom is -0.507 e. The minimum atomic E-state index is -0.894. The Morgan fingerprint density at radius 1 is 1.00 bits per heavy atom. The summed E-state index contributed by atoms with van der Waals surface area (Å²) in [5.74, 6) is -0.852. The normalized spacial score (nSPS) is 17.0. The monoisotopic (exact) mass is 552 g/mol. The second-order valence-electron chi connectivity index (χ2n) is 11.8. The van der Waals surface area contributed by atoms with Gasteiger partial charge in [-0.1, -0.05) is 32.9 Å². The largest absolute Gasteiger partial charge is 0.507 e. The van der Waals surface area contributed by atoms with E-state index < -0.39 is 17.7 Å². The quantitative estimate of drug-likeness (QED) is 0.174. The summed E-state index contributed by atoms with van der Waals surface area (Å²) in [6.07, 6.45) is 0. The van der Waals surface area contributed by atoms with E-state index in [1.54, 1.807) is 19.2 Å². The summed E-state index contributed by atoms with van der Waals surface area (Å²) < 4.78 is 5.57. The zero-order valence-electron chi connectivity index (χ0n) is 24.8. The summed E-state index contributed by atoms with van der Waals surface area (Å²) in [6.45, 7) is 10.2. The Hall–Kier alpha value is -4.59. The van der Waals surface area contributed by atoms with Crippen LogP contribution in [0.1, 0.15) is 54.6 Å². The number of amides is 1. The molecule has 8 heteroatoms. The Balaban J connectivity index is 1.73. The number of anilines is 2. The summed E-state index contributed by atoms with van der Waals surface area (Å²) in [6, 6.07) is 15.9. The van der Waals surface area contributed by atoms with E-state index in [9.17, 15) is 14.7 Å². The Labute approximate surface area is 240 Å². The van der Waals surface area contributed by atoms with Crippen molar-refractivity contribution in [3.63, 3.8) is 0 Å². The van der Waals surface area contributed by atoms with Crippen LogP contribution in [0.4, 0.5) is 11.6 Å². The van der Waals surface area contributed by atoms with E-state index in [1.807, 2.05) is 96.1 Å². The number of benzene rings is 3. The van der Waals surface area contributed by atoms with Crippen LogP contribution >= 0.6 is 0 Å². The highest BCUT2D eigenvalue weighted by Crippen LogP contribution is 2.43. The highest BCUT2D eigenvalue weighted by Gasteiger charge is 2.48. The number of fused-ring (bicyclic) bond motifs is 1. The molecule has 0 saturated carbocycles. The van der Waals surface area contributed by atoms with Gasteiger partial charge in [0, 0.05) is 30.9 Å². The lowest BCUT2D eigenvalue weighted by Gasteiger charge is -2.25. The zero-order valence-corrected chi connectivity index (χ0v) is 24.8. The van der Waals surface area contributed by atoms with Crippen LogP contribution in [-0.2, 0) is 15.0 Å². The molecule has 0 aliphatic carbocycles. The Bertz CT molecular complexity index is 1670. The number of rotatable bonds is 5. The summed E-state index contributed by atoms with van der Waals surface area (Å²) in [5.41, 5.74) is 6.26. The summed E-state index contributed by atoms with van der Waals surface area (Å²) in [4.78, 5) is 38.7. The van der Waals surface area contributed by atoms with Crippen LogP contribution in [0.15, 0.2) is 60.2 Å². The number of imidazole rings is 1. The number of methoxy groups -OCH3 is 1. The molecule has 1 atom stereocenters. The molecule has 212 valence electrons. The molecule has 1 unspecified atom stereocenters. The predicted molar refractivity (Wildman–Crippen MR) is 163 cm³/mol. The van der Waals surface area contributed by atoms with Gasteiger partial charge >= 0.3 is 5.91 Å². The molecule has 1 saturated heterocycles. The van der Waals surface area contributed by atoms with E-state index in [4.69, 9.17) is 9.72 Å². The van der Waals surface area contributed by atoms with Gasteiger partial charge in [0.15, 0.2) is 0 Å². The zero-order chi connectivity index (χ0) is 29.8. The number of aryl methyl sites for hydroxylation is 2. The molecular formula is C33H36N4O4. The van der Waals surface area contributed by atoms with E-state index in [0.29, 0.717) is 22.4 Å². The number of ketones is 1. The van der Waals surface area contributed by atoms with Crippen molar-refractivity contribution >= 4 is 40.1 Å². The summed E-state index contributed by atoms with van der Waals surface area (Å²) in [7, 11) is 5.48. The van der Waals surface area contributed by atoms with E-state index >= 15 is 0 Å². The molecule has 1 amide bonds. The van der Waals surface area contributed by atoms with Gasteiger partial charge in [0.2, 0.25) is 5.95 Å². The van der Waals surface area contributed by atoms with Gasteiger partial charge in [-0.15, -0.1) is 0 Å². The first-order valence-electron chi connectivity index (χ1n) is 13.6. The number of nitrogens with one attached hydrogen (secondary N) is 1. The molecule has 0 bridgehead atoms. The molecule has 3 aromatic carbocycles. The molecule has 2 heterocycles. The number of aromatic amines is 1. The van der Waals surface area contributed by atoms with Crippen molar-refractivity contribution in [2.24, 2.45) is 0 Å². The minimum absolute atomic E-state index is 0.00504. The van der Waals surface area contributed by atoms with Crippen molar-refractivity contribution in [3.8, 4) is 5.75 Å². The van der Waals surface area contributed by atoms with Gasteiger partial charge < -0.3 is 19.7 Å². The molecule has 1 aliphatic rings. The van der Waals surface area contributed by atoms with E-state index in [0.717, 1.165) is 27.9 Å². The maximum atomic E-state index is 13.7. The average Bonchev–Trinajstić information content (AvgIpc) is 3.44. The molecule has 2 N–H and O–H groups in total. The van der Waals surface area contributed by atoms with Crippen molar-refractivity contribution < 1.29 is 19.4 Å². The van der Waals surface area contributed by atoms with Crippen molar-refractivity contribution in [3.05, 3.63) is 88.0 Å². The maximum absolute atomic E-state index is 13.7. The highest BCUT2D eigenvalue weighted by atomic mass is 16.5. The number of aliphatic hydroxyl groups excluding tert-OH is 1. The van der Waals surface area contributed by atoms with Gasteiger partial charge in [0.05, 0.1) is 29.8 Å². The number of carbonyl (C=O) groups excluding carboxylic acids is 2. The van der Waals surface area contributed by atoms with Crippen LogP contribution in [0.3, 0.4) is 0 Å². The lowest BCUT2D eigenvalue weighted by Crippen LogP contribution is -2.30. The van der Waals surface area contributed by atoms with Crippen molar-refractivity contribution in [2.45, 2.75) is 46.1 Å². The van der Waals surface area contributed by atoms with Gasteiger partial charge in [-0.2, -0.15) is 0 Å². The Morgan fingerprint density at radius 3 is 2.27 bits per heavy atom. The fourth-order valence-electron chi connectivity index (χ4n) is 5.29. The van der Waals surface area contributed by atoms with E-state index in [-0.39, 0.29) is 22.7 Å². The van der Waals surface area contributed by atoms with Crippen LogP contribution in [0, 0.1) is 13.8 Å². The lowest BCUT2D eigenvalue weighted by molar-refractivity contribution is -0.132. The highest BCUT2D eigenvalue weighted by molar-refractivity contribution is 6.51. The van der Waals surface area contributed by atoms with E-state index in [1.165, 1.54) is 4.90 Å². The first kappa shape index (κ1) is 28.0. The molecule has 8 nitrogen and oxygen atoms in total. The third-order valence-electron chi connectivity index (χ3n) is 7.76. The SMILES string of the molecule is COc1ccc(/C(O)=C2\C(=O)C(=O)N(c3nc4cc(C)c(C)cc4[nH]3)C2c2ccc(N(C)C)cc2)cc1C(C)(C)C. The number of carbonyl (C=O) groups is 2. The van der Waals surface area contributed by atoms with Crippen molar-refractivity contribution in [1.29, 1.82) is 0 Å². The molecule has 1 aliphatic heterocycles. The molecule has 1 aromatic heterocycles. The van der Waals surface area contributed by atoms with Crippen molar-refractivity contribution in [1.82, 2.24) is 9.97 Å². The molecule has 1 fully saturated rings. The van der Waals surface area contributed by atoms with Crippen LogP contribution in [0.2, 0.25) is 0 Å². The third-order valence-corrected chi connectivity index (χ3v) is 7.76. The second kappa shape index (κ2) is 10.1. The number of hydrogen-bond acceptors (Lipinski definition) is 6. The number of aliphatic hydroxyl groups is 1. The Morgan fingerprint density at radius 2 is 1.66 bits per heavy atom. The Kier molecular flexibility index (Phi) is 6.89. The smallest absolute Gasteiger partial charge is 0.302 e. The number of ether oxygens (including phenoxy) is 1. The van der Waals surface area contributed by atoms with Gasteiger partial charge in [-0.3, -0.25) is 14.5 Å². The molecule has 5 rings (SSSR count). The molecule has 4 aromatic rings. The second-order valence-corrected chi connectivity index (χ2v) is 11.8. The number of hydrogen-bond donors (Lipinski definition) is 2. The summed E-state index contributed by atoms with van der Waals surface area (Å²) in [5, 5.41) is 11.7. The van der Waals surface area contributed by atoms with Crippen LogP contribution in [0.25, 0.3) is 16.8 Å². The van der Waals surface area contributed by atoms with Crippen LogP contribution in [-0.4, -0.2) is 48.0 Å². The first-order valence-corrected chi connectivity index (χ1v) is 13.6. The number of Topliss-reactive ketones (excluding diaryl/α,β-unsaturated/α-hetero) is 1. The first-order chi connectivity index (χ1) is 19.3. The molecule has 0 radical (unpaired) electrons. The van der Waals surface area contributed by atoms with Crippen LogP contribution < -0.4 is 14.5 Å². The molecule has 41 heavy (non-hydrogen) atoms. The average molecular weight is 553 g/mol. The number of H-pyrrole nitrogens is 1. The third kappa shape index (κ3) is 4.84. The van der Waals surface area contributed by atoms with Gasteiger partial charge in [0.1, 0.15) is 11.5 Å². The van der Waals surface area contributed by atoms with Crippen LogP contribution in [0.5, 0.6) is 5.75 Å².